The van der Waals surface area contributed by atoms with Crippen molar-refractivity contribution in [1.82, 2.24) is 0 Å². The monoisotopic (exact) mass is 228 g/mol. The molecule has 82 valence electrons. The van der Waals surface area contributed by atoms with E-state index in [0.29, 0.717) is 23.5 Å². The number of thioether (sulfide) groups is 1. The molecule has 0 bridgehead atoms. The molecule has 0 heterocycles. The van der Waals surface area contributed by atoms with Gasteiger partial charge in [0.2, 0.25) is 0 Å². The van der Waals surface area contributed by atoms with Crippen molar-refractivity contribution >= 4 is 17.7 Å². The van der Waals surface area contributed by atoms with E-state index in [9.17, 15) is 9.18 Å². The Labute approximate surface area is 92.8 Å². The van der Waals surface area contributed by atoms with Crippen molar-refractivity contribution in [3.63, 3.8) is 0 Å². The smallest absolute Gasteiger partial charge is 0.306 e. The summed E-state index contributed by atoms with van der Waals surface area (Å²) in [5.41, 5.74) is 0.673. The van der Waals surface area contributed by atoms with Gasteiger partial charge in [0.05, 0.1) is 13.5 Å². The molecule has 2 nitrogen and oxygen atoms in total. The van der Waals surface area contributed by atoms with Gasteiger partial charge < -0.3 is 4.74 Å². The summed E-state index contributed by atoms with van der Waals surface area (Å²) < 4.78 is 17.6. The second-order valence-electron chi connectivity index (χ2n) is 2.97. The fourth-order valence-electron chi connectivity index (χ4n) is 1.06. The summed E-state index contributed by atoms with van der Waals surface area (Å²) in [5, 5.41) is 0. The van der Waals surface area contributed by atoms with E-state index in [-0.39, 0.29) is 11.8 Å². The van der Waals surface area contributed by atoms with Crippen LogP contribution in [0.4, 0.5) is 4.39 Å². The van der Waals surface area contributed by atoms with Crippen LogP contribution in [-0.2, 0) is 15.3 Å². The maximum atomic E-state index is 13.1. The van der Waals surface area contributed by atoms with Gasteiger partial charge in [-0.2, -0.15) is 11.8 Å². The molecule has 0 unspecified atom stereocenters. The summed E-state index contributed by atoms with van der Waals surface area (Å²) in [5.74, 6) is 0.823. The summed E-state index contributed by atoms with van der Waals surface area (Å²) in [6, 6.07) is 6.66. The van der Waals surface area contributed by atoms with Crippen LogP contribution in [0.25, 0.3) is 0 Å². The zero-order chi connectivity index (χ0) is 11.1. The summed E-state index contributed by atoms with van der Waals surface area (Å²) in [6.45, 7) is 0. The van der Waals surface area contributed by atoms with E-state index in [4.69, 9.17) is 0 Å². The Morgan fingerprint density at radius 2 is 2.20 bits per heavy atom. The van der Waals surface area contributed by atoms with Crippen LogP contribution < -0.4 is 0 Å². The van der Waals surface area contributed by atoms with E-state index in [1.165, 1.54) is 24.9 Å². The van der Waals surface area contributed by atoms with Crippen LogP contribution in [0.1, 0.15) is 12.0 Å². The minimum Gasteiger partial charge on any atom is -0.469 e. The van der Waals surface area contributed by atoms with Crippen molar-refractivity contribution in [1.29, 1.82) is 0 Å². The molecule has 0 saturated carbocycles. The van der Waals surface area contributed by atoms with Gasteiger partial charge in [0.15, 0.2) is 0 Å². The standard InChI is InChI=1S/C11H13FO2S/c1-14-11(13)6-7-15-8-9-4-2-3-5-10(9)12/h2-5H,6-8H2,1H3. The third-order valence-corrected chi connectivity index (χ3v) is 2.90. The Bertz CT molecular complexity index is 328. The number of hydrogen-bond acceptors (Lipinski definition) is 3. The molecular formula is C11H13FO2S. The zero-order valence-corrected chi connectivity index (χ0v) is 9.35. The molecule has 1 aromatic carbocycles. The topological polar surface area (TPSA) is 26.3 Å². The number of ether oxygens (including phenoxy) is 1. The van der Waals surface area contributed by atoms with Crippen LogP contribution >= 0.6 is 11.8 Å². The lowest BCUT2D eigenvalue weighted by molar-refractivity contribution is -0.140. The molecule has 0 fully saturated rings. The summed E-state index contributed by atoms with van der Waals surface area (Å²) in [7, 11) is 1.36. The highest BCUT2D eigenvalue weighted by Gasteiger charge is 2.02. The first-order valence-corrected chi connectivity index (χ1v) is 5.77. The largest absolute Gasteiger partial charge is 0.469 e. The van der Waals surface area contributed by atoms with Crippen molar-refractivity contribution in [3.05, 3.63) is 35.6 Å². The molecule has 0 aliphatic heterocycles. The highest BCUT2D eigenvalue weighted by atomic mass is 32.2. The van der Waals surface area contributed by atoms with Gasteiger partial charge in [-0.05, 0) is 11.6 Å². The van der Waals surface area contributed by atoms with Gasteiger partial charge in [-0.1, -0.05) is 18.2 Å². The SMILES string of the molecule is COC(=O)CCSCc1ccccc1F. The van der Waals surface area contributed by atoms with E-state index in [1.54, 1.807) is 18.2 Å². The van der Waals surface area contributed by atoms with Crippen LogP contribution in [0.15, 0.2) is 24.3 Å². The van der Waals surface area contributed by atoms with E-state index < -0.39 is 0 Å². The number of esters is 1. The summed E-state index contributed by atoms with van der Waals surface area (Å²) >= 11 is 1.52. The van der Waals surface area contributed by atoms with Crippen molar-refractivity contribution < 1.29 is 13.9 Å². The molecule has 0 spiro atoms. The Balaban J connectivity index is 2.26. The first kappa shape index (κ1) is 12.0. The first-order chi connectivity index (χ1) is 7.24. The predicted molar refractivity (Wildman–Crippen MR) is 59.2 cm³/mol. The Morgan fingerprint density at radius 3 is 2.87 bits per heavy atom. The molecule has 0 aromatic heterocycles. The molecule has 0 aliphatic carbocycles. The van der Waals surface area contributed by atoms with Crippen molar-refractivity contribution in [3.8, 4) is 0 Å². The lowest BCUT2D eigenvalue weighted by atomic mass is 10.2. The molecule has 4 heteroatoms. The maximum Gasteiger partial charge on any atom is 0.306 e. The number of carbonyl (C=O) groups is 1. The van der Waals surface area contributed by atoms with Crippen LogP contribution in [0.2, 0.25) is 0 Å². The number of hydrogen-bond donors (Lipinski definition) is 0. The van der Waals surface area contributed by atoms with Crippen LogP contribution in [-0.4, -0.2) is 18.8 Å². The van der Waals surface area contributed by atoms with E-state index in [2.05, 4.69) is 4.74 Å². The van der Waals surface area contributed by atoms with Crippen molar-refractivity contribution in [2.75, 3.05) is 12.9 Å². The number of halogens is 1. The third kappa shape index (κ3) is 4.34. The minimum absolute atomic E-state index is 0.192. The number of benzene rings is 1. The molecular weight excluding hydrogens is 215 g/mol. The molecule has 1 aromatic rings. The zero-order valence-electron chi connectivity index (χ0n) is 8.53. The first-order valence-electron chi connectivity index (χ1n) is 4.62. The van der Waals surface area contributed by atoms with Gasteiger partial charge in [0.1, 0.15) is 5.82 Å². The number of carbonyl (C=O) groups excluding carboxylic acids is 1. The molecule has 0 aliphatic rings. The van der Waals surface area contributed by atoms with Crippen molar-refractivity contribution in [2.45, 2.75) is 12.2 Å². The Hall–Kier alpha value is -1.03. The normalized spacial score (nSPS) is 10.0. The van der Waals surface area contributed by atoms with Crippen LogP contribution in [0.3, 0.4) is 0 Å². The molecule has 0 saturated heterocycles. The number of methoxy groups -OCH3 is 1. The van der Waals surface area contributed by atoms with Gasteiger partial charge in [-0.3, -0.25) is 4.79 Å². The summed E-state index contributed by atoms with van der Waals surface area (Å²) in [4.78, 5) is 10.8. The molecule has 0 N–H and O–H groups in total. The molecule has 0 amide bonds. The fraction of sp³-hybridized carbons (Fsp3) is 0.364. The second kappa shape index (κ2) is 6.45. The van der Waals surface area contributed by atoms with E-state index >= 15 is 0 Å². The fourth-order valence-corrected chi connectivity index (χ4v) is 1.96. The van der Waals surface area contributed by atoms with Crippen molar-refractivity contribution in [2.24, 2.45) is 0 Å². The molecule has 1 rings (SSSR count). The van der Waals surface area contributed by atoms with Gasteiger partial charge in [-0.15, -0.1) is 0 Å². The van der Waals surface area contributed by atoms with Gasteiger partial charge >= 0.3 is 5.97 Å². The summed E-state index contributed by atoms with van der Waals surface area (Å²) in [6.07, 6.45) is 0.371. The van der Waals surface area contributed by atoms with Gasteiger partial charge in [0, 0.05) is 11.5 Å². The second-order valence-corrected chi connectivity index (χ2v) is 4.08. The lowest BCUT2D eigenvalue weighted by Gasteiger charge is -2.02. The van der Waals surface area contributed by atoms with Gasteiger partial charge in [-0.25, -0.2) is 4.39 Å². The average Bonchev–Trinajstić information content (AvgIpc) is 2.26. The quantitative estimate of drug-likeness (QED) is 0.572. The third-order valence-electron chi connectivity index (χ3n) is 1.89. The highest BCUT2D eigenvalue weighted by Crippen LogP contribution is 2.15. The Morgan fingerprint density at radius 1 is 1.47 bits per heavy atom. The highest BCUT2D eigenvalue weighted by molar-refractivity contribution is 7.98. The predicted octanol–water partition coefficient (Wildman–Crippen LogP) is 2.62. The van der Waals surface area contributed by atoms with E-state index in [1.807, 2.05) is 0 Å². The minimum atomic E-state index is -0.226. The molecule has 0 atom stereocenters. The Kier molecular flexibility index (Phi) is 5.18. The maximum absolute atomic E-state index is 13.1. The van der Waals surface area contributed by atoms with Crippen LogP contribution in [0.5, 0.6) is 0 Å². The lowest BCUT2D eigenvalue weighted by Crippen LogP contribution is -2.01. The average molecular weight is 228 g/mol. The number of rotatable bonds is 5. The molecule has 15 heavy (non-hydrogen) atoms. The molecule has 0 radical (unpaired) electrons. The van der Waals surface area contributed by atoms with E-state index in [0.717, 1.165) is 0 Å². The van der Waals surface area contributed by atoms with Gasteiger partial charge in [0.25, 0.3) is 0 Å². The van der Waals surface area contributed by atoms with Crippen LogP contribution in [0, 0.1) is 5.82 Å².